The number of rotatable bonds is 3. The Kier molecular flexibility index (Phi) is 4.37. The Morgan fingerprint density at radius 3 is 2.80 bits per heavy atom. The Morgan fingerprint density at radius 1 is 1.28 bits per heavy atom. The highest BCUT2D eigenvalue weighted by atomic mass is 32.1. The SMILES string of the molecule is CC(C)(C(=O)N1CCC(c2nnc3n2CCNC3)CC1)c1cccs1. The van der Waals surface area contributed by atoms with Crippen LogP contribution in [0.4, 0.5) is 0 Å². The van der Waals surface area contributed by atoms with Gasteiger partial charge in [-0.3, -0.25) is 4.79 Å². The molecule has 2 aromatic rings. The van der Waals surface area contributed by atoms with Crippen molar-refractivity contribution >= 4 is 17.2 Å². The molecule has 1 amide bonds. The molecule has 4 heterocycles. The Labute approximate surface area is 152 Å². The van der Waals surface area contributed by atoms with Gasteiger partial charge >= 0.3 is 0 Å². The molecule has 0 aromatic carbocycles. The third-order valence-electron chi connectivity index (χ3n) is 5.47. The molecule has 2 aromatic heterocycles. The van der Waals surface area contributed by atoms with Crippen LogP contribution >= 0.6 is 11.3 Å². The van der Waals surface area contributed by atoms with Gasteiger partial charge in [-0.2, -0.15) is 0 Å². The first kappa shape index (κ1) is 16.7. The topological polar surface area (TPSA) is 63.1 Å². The van der Waals surface area contributed by atoms with Crippen molar-refractivity contribution < 1.29 is 4.79 Å². The smallest absolute Gasteiger partial charge is 0.233 e. The van der Waals surface area contributed by atoms with E-state index in [1.807, 2.05) is 30.2 Å². The zero-order valence-electron chi connectivity index (χ0n) is 14.9. The lowest BCUT2D eigenvalue weighted by Gasteiger charge is -2.36. The Hall–Kier alpha value is -1.73. The number of hydrogen-bond acceptors (Lipinski definition) is 5. The van der Waals surface area contributed by atoms with Gasteiger partial charge in [0.25, 0.3) is 0 Å². The van der Waals surface area contributed by atoms with Gasteiger partial charge in [-0.1, -0.05) is 6.07 Å². The molecular formula is C18H25N5OS. The molecule has 134 valence electrons. The van der Waals surface area contributed by atoms with Crippen LogP contribution in [-0.4, -0.2) is 45.2 Å². The van der Waals surface area contributed by atoms with E-state index in [0.717, 1.165) is 62.1 Å². The van der Waals surface area contributed by atoms with Gasteiger partial charge in [0.2, 0.25) is 5.91 Å². The maximum absolute atomic E-state index is 13.0. The standard InChI is InChI=1S/C18H25N5OS/c1-18(2,14-4-3-11-25-14)17(24)22-8-5-13(6-9-22)16-21-20-15-12-19-7-10-23(15)16/h3-4,11,13,19H,5-10,12H2,1-2H3. The van der Waals surface area contributed by atoms with E-state index in [1.165, 1.54) is 0 Å². The fraction of sp³-hybridized carbons (Fsp3) is 0.611. The second-order valence-electron chi connectivity index (χ2n) is 7.47. The number of aromatic nitrogens is 3. The number of fused-ring (bicyclic) bond motifs is 1. The van der Waals surface area contributed by atoms with Crippen molar-refractivity contribution in [1.29, 1.82) is 0 Å². The van der Waals surface area contributed by atoms with Crippen LogP contribution in [0.1, 0.15) is 49.1 Å². The predicted octanol–water partition coefficient (Wildman–Crippen LogP) is 2.13. The minimum Gasteiger partial charge on any atom is -0.342 e. The number of amides is 1. The Balaban J connectivity index is 1.43. The lowest BCUT2D eigenvalue weighted by molar-refractivity contribution is -0.137. The van der Waals surface area contributed by atoms with Crippen molar-refractivity contribution in [2.75, 3.05) is 19.6 Å². The summed E-state index contributed by atoms with van der Waals surface area (Å²) in [6.45, 7) is 8.41. The van der Waals surface area contributed by atoms with Crippen LogP contribution in [0.15, 0.2) is 17.5 Å². The summed E-state index contributed by atoms with van der Waals surface area (Å²) in [6, 6.07) is 4.08. The predicted molar refractivity (Wildman–Crippen MR) is 97.6 cm³/mol. The van der Waals surface area contributed by atoms with Crippen LogP contribution in [0.5, 0.6) is 0 Å². The molecule has 6 nitrogen and oxygen atoms in total. The number of nitrogens with one attached hydrogen (secondary N) is 1. The van der Waals surface area contributed by atoms with Crippen molar-refractivity contribution in [2.45, 2.75) is 51.1 Å². The molecule has 0 saturated carbocycles. The molecule has 0 unspecified atom stereocenters. The van der Waals surface area contributed by atoms with E-state index < -0.39 is 5.41 Å². The summed E-state index contributed by atoms with van der Waals surface area (Å²) in [5, 5.41) is 14.2. The molecule has 0 radical (unpaired) electrons. The quantitative estimate of drug-likeness (QED) is 0.912. The molecule has 0 spiro atoms. The molecule has 7 heteroatoms. The molecule has 0 atom stereocenters. The summed E-state index contributed by atoms with van der Waals surface area (Å²) in [6.07, 6.45) is 1.94. The number of thiophene rings is 1. The van der Waals surface area contributed by atoms with Crippen molar-refractivity contribution in [3.05, 3.63) is 34.0 Å². The molecule has 2 aliphatic heterocycles. The van der Waals surface area contributed by atoms with Crippen LogP contribution < -0.4 is 5.32 Å². The van der Waals surface area contributed by atoms with Crippen molar-refractivity contribution in [3.8, 4) is 0 Å². The second-order valence-corrected chi connectivity index (χ2v) is 8.42. The third-order valence-corrected chi connectivity index (χ3v) is 6.66. The van der Waals surface area contributed by atoms with Crippen LogP contribution in [0.3, 0.4) is 0 Å². The van der Waals surface area contributed by atoms with Crippen molar-refractivity contribution in [3.63, 3.8) is 0 Å². The molecular weight excluding hydrogens is 334 g/mol. The maximum atomic E-state index is 13.0. The van der Waals surface area contributed by atoms with E-state index >= 15 is 0 Å². The first-order valence-corrected chi connectivity index (χ1v) is 9.91. The second kappa shape index (κ2) is 6.53. The summed E-state index contributed by atoms with van der Waals surface area (Å²) < 4.78 is 2.27. The average Bonchev–Trinajstić information content (AvgIpc) is 3.31. The van der Waals surface area contributed by atoms with Gasteiger partial charge in [-0.25, -0.2) is 0 Å². The van der Waals surface area contributed by atoms with Crippen molar-refractivity contribution in [1.82, 2.24) is 25.0 Å². The van der Waals surface area contributed by atoms with E-state index in [9.17, 15) is 4.79 Å². The summed E-state index contributed by atoms with van der Waals surface area (Å²) >= 11 is 1.66. The summed E-state index contributed by atoms with van der Waals surface area (Å²) in [5.74, 6) is 2.80. The number of hydrogen-bond donors (Lipinski definition) is 1. The Bertz CT molecular complexity index is 744. The molecule has 4 rings (SSSR count). The number of likely N-dealkylation sites (tertiary alicyclic amines) is 1. The molecule has 1 N–H and O–H groups in total. The van der Waals surface area contributed by atoms with Gasteiger partial charge in [0.1, 0.15) is 11.6 Å². The monoisotopic (exact) mass is 359 g/mol. The fourth-order valence-corrected chi connectivity index (χ4v) is 4.74. The van der Waals surface area contributed by atoms with Gasteiger partial charge in [-0.15, -0.1) is 21.5 Å². The van der Waals surface area contributed by atoms with E-state index in [4.69, 9.17) is 0 Å². The number of piperidine rings is 1. The largest absolute Gasteiger partial charge is 0.342 e. The molecule has 0 aliphatic carbocycles. The van der Waals surface area contributed by atoms with E-state index in [-0.39, 0.29) is 5.91 Å². The first-order chi connectivity index (χ1) is 12.1. The normalized spacial score (nSPS) is 19.0. The lowest BCUT2D eigenvalue weighted by Crippen LogP contribution is -2.46. The molecule has 1 saturated heterocycles. The molecule has 0 bridgehead atoms. The zero-order valence-corrected chi connectivity index (χ0v) is 15.7. The average molecular weight is 359 g/mol. The van der Waals surface area contributed by atoms with E-state index in [1.54, 1.807) is 11.3 Å². The van der Waals surface area contributed by atoms with Crippen LogP contribution in [-0.2, 0) is 23.3 Å². The molecule has 25 heavy (non-hydrogen) atoms. The lowest BCUT2D eigenvalue weighted by atomic mass is 9.87. The van der Waals surface area contributed by atoms with E-state index in [0.29, 0.717) is 5.92 Å². The highest BCUT2D eigenvalue weighted by Crippen LogP contribution is 2.33. The fourth-order valence-electron chi connectivity index (χ4n) is 3.89. The van der Waals surface area contributed by atoms with Gasteiger partial charge in [0.15, 0.2) is 0 Å². The van der Waals surface area contributed by atoms with Crippen LogP contribution in [0.25, 0.3) is 0 Å². The van der Waals surface area contributed by atoms with Gasteiger partial charge < -0.3 is 14.8 Å². The highest BCUT2D eigenvalue weighted by Gasteiger charge is 2.37. The third kappa shape index (κ3) is 3.00. The van der Waals surface area contributed by atoms with E-state index in [2.05, 4.69) is 26.1 Å². The van der Waals surface area contributed by atoms with Gasteiger partial charge in [0, 0.05) is 37.0 Å². The van der Waals surface area contributed by atoms with Gasteiger partial charge in [0.05, 0.1) is 12.0 Å². The Morgan fingerprint density at radius 2 is 2.08 bits per heavy atom. The molecule has 2 aliphatic rings. The summed E-state index contributed by atoms with van der Waals surface area (Å²) in [4.78, 5) is 16.2. The van der Waals surface area contributed by atoms with Crippen LogP contribution in [0.2, 0.25) is 0 Å². The zero-order chi connectivity index (χ0) is 17.4. The molecule has 1 fully saturated rings. The van der Waals surface area contributed by atoms with Crippen molar-refractivity contribution in [2.24, 2.45) is 0 Å². The minimum absolute atomic E-state index is 0.237. The number of nitrogens with zero attached hydrogens (tertiary/aromatic N) is 4. The number of carbonyl (C=O) groups excluding carboxylic acids is 1. The van der Waals surface area contributed by atoms with Crippen LogP contribution in [0, 0.1) is 0 Å². The summed E-state index contributed by atoms with van der Waals surface area (Å²) in [7, 11) is 0. The minimum atomic E-state index is -0.444. The highest BCUT2D eigenvalue weighted by molar-refractivity contribution is 7.10. The first-order valence-electron chi connectivity index (χ1n) is 9.03. The number of carbonyl (C=O) groups is 1. The van der Waals surface area contributed by atoms with Gasteiger partial charge in [-0.05, 0) is 38.1 Å². The maximum Gasteiger partial charge on any atom is 0.233 e. The summed E-state index contributed by atoms with van der Waals surface area (Å²) in [5.41, 5.74) is -0.444.